The number of hydrogen-bond acceptors (Lipinski definition) is 4. The summed E-state index contributed by atoms with van der Waals surface area (Å²) in [6.45, 7) is 1.25. The number of hydrogen-bond donors (Lipinski definition) is 1. The van der Waals surface area contributed by atoms with Crippen molar-refractivity contribution in [1.82, 2.24) is 9.88 Å². The summed E-state index contributed by atoms with van der Waals surface area (Å²) in [5, 5.41) is 2.72. The van der Waals surface area contributed by atoms with Crippen LogP contribution in [0.15, 0.2) is 83.6 Å². The van der Waals surface area contributed by atoms with E-state index in [1.807, 2.05) is 17.0 Å². The first kappa shape index (κ1) is 25.3. The van der Waals surface area contributed by atoms with Crippen LogP contribution in [0.3, 0.4) is 0 Å². The Morgan fingerprint density at radius 3 is 2.53 bits per heavy atom. The highest BCUT2D eigenvalue weighted by atomic mass is 19.4. The largest absolute Gasteiger partial charge is 0.463 e. The van der Waals surface area contributed by atoms with Gasteiger partial charge in [0.1, 0.15) is 5.52 Å². The van der Waals surface area contributed by atoms with E-state index >= 15 is 0 Å². The molecule has 1 aliphatic heterocycles. The third-order valence-electron chi connectivity index (χ3n) is 6.62. The van der Waals surface area contributed by atoms with Crippen molar-refractivity contribution < 1.29 is 27.2 Å². The third kappa shape index (κ3) is 5.77. The van der Waals surface area contributed by atoms with Crippen LogP contribution in [-0.2, 0) is 11.0 Å². The van der Waals surface area contributed by atoms with Crippen LogP contribution in [0.2, 0.25) is 0 Å². The number of nitrogens with one attached hydrogen (secondary N) is 1. The Morgan fingerprint density at radius 1 is 1.03 bits per heavy atom. The van der Waals surface area contributed by atoms with Crippen LogP contribution in [0.5, 0.6) is 0 Å². The molecule has 4 aromatic rings. The van der Waals surface area contributed by atoms with Gasteiger partial charge in [-0.3, -0.25) is 14.6 Å². The fourth-order valence-corrected chi connectivity index (χ4v) is 4.58. The lowest BCUT2D eigenvalue weighted by Crippen LogP contribution is -2.37. The van der Waals surface area contributed by atoms with Crippen molar-refractivity contribution in [2.45, 2.75) is 24.9 Å². The number of carbonyl (C=O) groups is 2. The van der Waals surface area contributed by atoms with E-state index in [0.717, 1.165) is 30.5 Å². The maximum absolute atomic E-state index is 12.9. The lowest BCUT2D eigenvalue weighted by molar-refractivity contribution is -0.137. The number of alkyl halides is 3. The number of carbonyl (C=O) groups excluding carboxylic acids is 2. The smallest absolute Gasteiger partial charge is 0.416 e. The van der Waals surface area contributed by atoms with Crippen LogP contribution in [-0.4, -0.2) is 34.8 Å². The number of anilines is 1. The van der Waals surface area contributed by atoms with E-state index in [0.29, 0.717) is 35.4 Å². The molecule has 3 heterocycles. The summed E-state index contributed by atoms with van der Waals surface area (Å²) in [6, 6.07) is 15.7. The van der Waals surface area contributed by atoms with Gasteiger partial charge in [0, 0.05) is 37.1 Å². The fourth-order valence-electron chi connectivity index (χ4n) is 4.58. The summed E-state index contributed by atoms with van der Waals surface area (Å²) in [5.41, 5.74) is 3.03. The van der Waals surface area contributed by atoms with Crippen molar-refractivity contribution in [1.29, 1.82) is 0 Å². The standard InChI is InChI=1S/C29H24F3N3O3/c30-29(31,32)23-3-1-2-19(16-23)4-9-27(36)34-24-7-5-20(6-8-24)21-10-13-35(14-11-21)28(37)22-17-26-25(33-18-22)12-15-38-26/h1-9,12,15-18,21H,10-11,13-14H2,(H,34,36)/b9-4+. The number of piperidine rings is 1. The van der Waals surface area contributed by atoms with Crippen molar-refractivity contribution in [3.63, 3.8) is 0 Å². The summed E-state index contributed by atoms with van der Waals surface area (Å²) < 4.78 is 43.9. The minimum atomic E-state index is -4.44. The van der Waals surface area contributed by atoms with Crippen LogP contribution < -0.4 is 5.32 Å². The van der Waals surface area contributed by atoms with Gasteiger partial charge in [-0.1, -0.05) is 24.3 Å². The molecule has 194 valence electrons. The number of furan rings is 1. The zero-order chi connectivity index (χ0) is 26.7. The van der Waals surface area contributed by atoms with E-state index < -0.39 is 17.6 Å². The molecule has 1 saturated heterocycles. The summed E-state index contributed by atoms with van der Waals surface area (Å²) in [6.07, 6.45) is 2.86. The highest BCUT2D eigenvalue weighted by molar-refractivity contribution is 6.02. The van der Waals surface area contributed by atoms with Gasteiger partial charge in [0.25, 0.3) is 5.91 Å². The van der Waals surface area contributed by atoms with Crippen molar-refractivity contribution in [3.05, 3.63) is 101 Å². The zero-order valence-electron chi connectivity index (χ0n) is 20.2. The maximum atomic E-state index is 12.9. The molecule has 0 spiro atoms. The molecule has 1 aliphatic rings. The van der Waals surface area contributed by atoms with Crippen molar-refractivity contribution >= 4 is 34.7 Å². The van der Waals surface area contributed by atoms with Gasteiger partial charge >= 0.3 is 6.18 Å². The first-order valence-corrected chi connectivity index (χ1v) is 12.1. The van der Waals surface area contributed by atoms with Crippen molar-refractivity contribution in [3.8, 4) is 0 Å². The lowest BCUT2D eigenvalue weighted by atomic mass is 9.89. The second kappa shape index (κ2) is 10.5. The lowest BCUT2D eigenvalue weighted by Gasteiger charge is -2.32. The van der Waals surface area contributed by atoms with Gasteiger partial charge in [-0.15, -0.1) is 0 Å². The summed E-state index contributed by atoms with van der Waals surface area (Å²) in [4.78, 5) is 31.3. The average molecular weight is 520 g/mol. The highest BCUT2D eigenvalue weighted by Crippen LogP contribution is 2.31. The number of benzene rings is 2. The second-order valence-electron chi connectivity index (χ2n) is 9.16. The number of halogens is 3. The molecule has 1 N–H and O–H groups in total. The van der Waals surface area contributed by atoms with E-state index in [1.165, 1.54) is 24.3 Å². The fraction of sp³-hybridized carbons (Fsp3) is 0.207. The van der Waals surface area contributed by atoms with Gasteiger partial charge in [0.05, 0.1) is 17.4 Å². The Bertz CT molecular complexity index is 1480. The predicted molar refractivity (Wildman–Crippen MR) is 137 cm³/mol. The molecule has 0 atom stereocenters. The minimum Gasteiger partial charge on any atom is -0.463 e. The predicted octanol–water partition coefficient (Wildman–Crippen LogP) is 6.52. The Balaban J connectivity index is 1.14. The van der Waals surface area contributed by atoms with Crippen molar-refractivity contribution in [2.24, 2.45) is 0 Å². The molecule has 9 heteroatoms. The van der Waals surface area contributed by atoms with Crippen LogP contribution in [0.4, 0.5) is 18.9 Å². The number of pyridine rings is 1. The molecule has 0 aliphatic carbocycles. The number of fused-ring (bicyclic) bond motifs is 1. The molecular weight excluding hydrogens is 495 g/mol. The van der Waals surface area contributed by atoms with Crippen molar-refractivity contribution in [2.75, 3.05) is 18.4 Å². The zero-order valence-corrected chi connectivity index (χ0v) is 20.2. The van der Waals surface area contributed by atoms with E-state index in [1.54, 1.807) is 36.7 Å². The topological polar surface area (TPSA) is 75.4 Å². The number of aromatic nitrogens is 1. The first-order valence-electron chi connectivity index (χ1n) is 12.1. The maximum Gasteiger partial charge on any atom is 0.416 e. The number of amides is 2. The Kier molecular flexibility index (Phi) is 7.00. The van der Waals surface area contributed by atoms with Crippen LogP contribution in [0.25, 0.3) is 17.2 Å². The summed E-state index contributed by atoms with van der Waals surface area (Å²) >= 11 is 0. The molecule has 2 aromatic carbocycles. The third-order valence-corrected chi connectivity index (χ3v) is 6.62. The SMILES string of the molecule is O=C(/C=C/c1cccc(C(F)(F)F)c1)Nc1ccc(C2CCN(C(=O)c3cnc4ccoc4c3)CC2)cc1. The molecule has 0 bridgehead atoms. The molecule has 6 nitrogen and oxygen atoms in total. The number of rotatable bonds is 5. The average Bonchev–Trinajstić information content (AvgIpc) is 3.40. The molecule has 0 radical (unpaired) electrons. The van der Waals surface area contributed by atoms with Gasteiger partial charge in [-0.2, -0.15) is 13.2 Å². The number of likely N-dealkylation sites (tertiary alicyclic amines) is 1. The van der Waals surface area contributed by atoms with Gasteiger partial charge in [-0.05, 0) is 66.3 Å². The Hall–Kier alpha value is -4.40. The molecule has 0 unspecified atom stereocenters. The Morgan fingerprint density at radius 2 is 1.79 bits per heavy atom. The number of nitrogens with zero attached hydrogens (tertiary/aromatic N) is 2. The van der Waals surface area contributed by atoms with E-state index in [4.69, 9.17) is 4.42 Å². The minimum absolute atomic E-state index is 0.0644. The molecule has 0 saturated carbocycles. The quantitative estimate of drug-likeness (QED) is 0.305. The summed E-state index contributed by atoms with van der Waals surface area (Å²) in [7, 11) is 0. The Labute approximate surface area is 216 Å². The molecule has 5 rings (SSSR count). The van der Waals surface area contributed by atoms with E-state index in [9.17, 15) is 22.8 Å². The van der Waals surface area contributed by atoms with Crippen LogP contribution in [0.1, 0.15) is 45.8 Å². The molecule has 2 aromatic heterocycles. The van der Waals surface area contributed by atoms with Crippen LogP contribution >= 0.6 is 0 Å². The molecule has 38 heavy (non-hydrogen) atoms. The highest BCUT2D eigenvalue weighted by Gasteiger charge is 2.30. The molecule has 2 amide bonds. The van der Waals surface area contributed by atoms with Gasteiger partial charge in [-0.25, -0.2) is 0 Å². The van der Waals surface area contributed by atoms with Crippen LogP contribution in [0, 0.1) is 0 Å². The van der Waals surface area contributed by atoms with E-state index in [-0.39, 0.29) is 17.4 Å². The van der Waals surface area contributed by atoms with E-state index in [2.05, 4.69) is 10.3 Å². The van der Waals surface area contributed by atoms with Gasteiger partial charge < -0.3 is 14.6 Å². The summed E-state index contributed by atoms with van der Waals surface area (Å²) in [5.74, 6) is -0.218. The molecule has 1 fully saturated rings. The monoisotopic (exact) mass is 519 g/mol. The molecular formula is C29H24F3N3O3. The first-order chi connectivity index (χ1) is 18.3. The second-order valence-corrected chi connectivity index (χ2v) is 9.16. The normalized spacial score (nSPS) is 14.8. The van der Waals surface area contributed by atoms with Gasteiger partial charge in [0.2, 0.25) is 5.91 Å². The van der Waals surface area contributed by atoms with Gasteiger partial charge in [0.15, 0.2) is 5.58 Å².